The van der Waals surface area contributed by atoms with Gasteiger partial charge in [-0.25, -0.2) is 9.97 Å². The molecule has 2 rings (SSSR count). The summed E-state index contributed by atoms with van der Waals surface area (Å²) < 4.78 is 5.47. The number of aromatic nitrogens is 2. The molecule has 1 aromatic heterocycles. The second-order valence-electron chi connectivity index (χ2n) is 4.48. The van der Waals surface area contributed by atoms with E-state index in [2.05, 4.69) is 15.3 Å². The molecule has 1 aromatic carbocycles. The largest absolute Gasteiger partial charge is 0.492 e. The average Bonchev–Trinajstić information content (AvgIpc) is 2.46. The zero-order valence-electron chi connectivity index (χ0n) is 12.5. The second-order valence-corrected chi connectivity index (χ2v) is 5.43. The van der Waals surface area contributed by atoms with Crippen LogP contribution in [0.5, 0.6) is 5.75 Å². The number of para-hydroxylation sites is 2. The molecule has 0 fully saturated rings. The number of nitrogens with zero attached hydrogens (tertiary/aromatic N) is 2. The normalized spacial score (nSPS) is 10.3. The maximum Gasteiger partial charge on any atom is 0.234 e. The van der Waals surface area contributed by atoms with E-state index in [1.165, 1.54) is 11.8 Å². The Kier molecular flexibility index (Phi) is 5.60. The van der Waals surface area contributed by atoms with Crippen molar-refractivity contribution in [1.82, 2.24) is 9.97 Å². The topological polar surface area (TPSA) is 90.1 Å². The number of thioether (sulfide) groups is 1. The van der Waals surface area contributed by atoms with E-state index in [1.807, 2.05) is 32.0 Å². The lowest BCUT2D eigenvalue weighted by molar-refractivity contribution is -0.113. The second kappa shape index (κ2) is 7.65. The minimum absolute atomic E-state index is 0.152. The van der Waals surface area contributed by atoms with E-state index in [-0.39, 0.29) is 11.7 Å². The molecule has 0 atom stereocenters. The fourth-order valence-electron chi connectivity index (χ4n) is 1.80. The van der Waals surface area contributed by atoms with Gasteiger partial charge < -0.3 is 15.8 Å². The van der Waals surface area contributed by atoms with Crippen LogP contribution in [0.1, 0.15) is 12.6 Å². The van der Waals surface area contributed by atoms with Gasteiger partial charge in [-0.05, 0) is 26.0 Å². The summed E-state index contributed by atoms with van der Waals surface area (Å²) >= 11 is 1.24. The van der Waals surface area contributed by atoms with Crippen molar-refractivity contribution in [2.24, 2.45) is 0 Å². The quantitative estimate of drug-likeness (QED) is 0.628. The smallest absolute Gasteiger partial charge is 0.234 e. The van der Waals surface area contributed by atoms with Gasteiger partial charge >= 0.3 is 0 Å². The molecule has 116 valence electrons. The van der Waals surface area contributed by atoms with E-state index in [0.717, 1.165) is 5.69 Å². The lowest BCUT2D eigenvalue weighted by atomic mass is 10.3. The van der Waals surface area contributed by atoms with Gasteiger partial charge in [-0.3, -0.25) is 4.79 Å². The Balaban J connectivity index is 1.96. The molecule has 0 aliphatic heterocycles. The predicted octanol–water partition coefficient (Wildman–Crippen LogP) is 2.50. The number of nitrogens with one attached hydrogen (secondary N) is 1. The molecule has 0 radical (unpaired) electrons. The number of hydrogen-bond acceptors (Lipinski definition) is 6. The molecular weight excluding hydrogens is 300 g/mol. The van der Waals surface area contributed by atoms with Gasteiger partial charge in [-0.2, -0.15) is 0 Å². The fourth-order valence-corrected chi connectivity index (χ4v) is 2.51. The monoisotopic (exact) mass is 318 g/mol. The van der Waals surface area contributed by atoms with Gasteiger partial charge in [0.05, 0.1) is 18.0 Å². The van der Waals surface area contributed by atoms with Gasteiger partial charge in [0.15, 0.2) is 5.16 Å². The standard InChI is InChI=1S/C15H18N4O2S/c1-3-21-12-7-5-4-6-11(12)18-14(20)9-22-15-17-10(2)8-13(16)19-15/h4-8H,3,9H2,1-2H3,(H,18,20)(H2,16,17,19). The van der Waals surface area contributed by atoms with Crippen LogP contribution in [0, 0.1) is 6.92 Å². The predicted molar refractivity (Wildman–Crippen MR) is 88.1 cm³/mol. The highest BCUT2D eigenvalue weighted by molar-refractivity contribution is 7.99. The van der Waals surface area contributed by atoms with Crippen LogP contribution in [0.4, 0.5) is 11.5 Å². The highest BCUT2D eigenvalue weighted by Crippen LogP contribution is 2.24. The van der Waals surface area contributed by atoms with Crippen molar-refractivity contribution in [2.75, 3.05) is 23.4 Å². The lowest BCUT2D eigenvalue weighted by Gasteiger charge is -2.11. The first-order valence-electron chi connectivity index (χ1n) is 6.84. The Labute approximate surface area is 133 Å². The number of amides is 1. The van der Waals surface area contributed by atoms with Gasteiger partial charge in [0.1, 0.15) is 11.6 Å². The first kappa shape index (κ1) is 16.1. The summed E-state index contributed by atoms with van der Waals surface area (Å²) in [6.45, 7) is 4.27. The highest BCUT2D eigenvalue weighted by atomic mass is 32.2. The van der Waals surface area contributed by atoms with Crippen molar-refractivity contribution in [1.29, 1.82) is 0 Å². The maximum absolute atomic E-state index is 12.0. The molecule has 3 N–H and O–H groups in total. The maximum atomic E-state index is 12.0. The summed E-state index contributed by atoms with van der Waals surface area (Å²) in [5.41, 5.74) is 7.09. The summed E-state index contributed by atoms with van der Waals surface area (Å²) in [5, 5.41) is 3.31. The zero-order chi connectivity index (χ0) is 15.9. The van der Waals surface area contributed by atoms with Gasteiger partial charge in [0, 0.05) is 11.8 Å². The van der Waals surface area contributed by atoms with E-state index in [9.17, 15) is 4.79 Å². The van der Waals surface area contributed by atoms with E-state index in [0.29, 0.717) is 29.0 Å². The van der Waals surface area contributed by atoms with E-state index in [4.69, 9.17) is 10.5 Å². The Bertz CT molecular complexity index is 643. The molecule has 2 aromatic rings. The number of rotatable bonds is 6. The molecule has 7 heteroatoms. The number of carbonyl (C=O) groups excluding carboxylic acids is 1. The van der Waals surface area contributed by atoms with Crippen molar-refractivity contribution in [3.05, 3.63) is 36.0 Å². The number of benzene rings is 1. The molecule has 0 bridgehead atoms. The number of nitrogens with two attached hydrogens (primary N) is 1. The highest BCUT2D eigenvalue weighted by Gasteiger charge is 2.09. The summed E-state index contributed by atoms with van der Waals surface area (Å²) in [6.07, 6.45) is 0. The first-order valence-corrected chi connectivity index (χ1v) is 7.82. The Hall–Kier alpha value is -2.28. The SMILES string of the molecule is CCOc1ccccc1NC(=O)CSc1nc(C)cc(N)n1. The van der Waals surface area contributed by atoms with Crippen molar-refractivity contribution < 1.29 is 9.53 Å². The Morgan fingerprint density at radius 1 is 1.36 bits per heavy atom. The van der Waals surface area contributed by atoms with Crippen molar-refractivity contribution in [3.63, 3.8) is 0 Å². The van der Waals surface area contributed by atoms with Crippen LogP contribution in [-0.2, 0) is 4.79 Å². The van der Waals surface area contributed by atoms with Crippen LogP contribution in [0.25, 0.3) is 0 Å². The van der Waals surface area contributed by atoms with Crippen LogP contribution in [0.15, 0.2) is 35.5 Å². The number of carbonyl (C=O) groups is 1. The van der Waals surface area contributed by atoms with Crippen molar-refractivity contribution in [3.8, 4) is 5.75 Å². The van der Waals surface area contributed by atoms with Gasteiger partial charge in [0.25, 0.3) is 0 Å². The lowest BCUT2D eigenvalue weighted by Crippen LogP contribution is -2.15. The van der Waals surface area contributed by atoms with Gasteiger partial charge in [-0.1, -0.05) is 23.9 Å². The van der Waals surface area contributed by atoms with Gasteiger partial charge in [0.2, 0.25) is 5.91 Å². The molecule has 0 saturated heterocycles. The molecule has 0 saturated carbocycles. The minimum Gasteiger partial charge on any atom is -0.492 e. The minimum atomic E-state index is -0.152. The summed E-state index contributed by atoms with van der Waals surface area (Å²) in [7, 11) is 0. The third kappa shape index (κ3) is 4.63. The third-order valence-corrected chi connectivity index (χ3v) is 3.49. The number of nitrogen functional groups attached to an aromatic ring is 1. The molecule has 1 amide bonds. The van der Waals surface area contributed by atoms with E-state index < -0.39 is 0 Å². The van der Waals surface area contributed by atoms with Crippen LogP contribution in [0.3, 0.4) is 0 Å². The Morgan fingerprint density at radius 2 is 2.14 bits per heavy atom. The molecule has 0 spiro atoms. The van der Waals surface area contributed by atoms with Crippen LogP contribution < -0.4 is 15.8 Å². The fraction of sp³-hybridized carbons (Fsp3) is 0.267. The van der Waals surface area contributed by atoms with Crippen LogP contribution in [0.2, 0.25) is 0 Å². The molecule has 6 nitrogen and oxygen atoms in total. The third-order valence-electron chi connectivity index (χ3n) is 2.65. The average molecular weight is 318 g/mol. The Morgan fingerprint density at radius 3 is 2.86 bits per heavy atom. The van der Waals surface area contributed by atoms with Crippen LogP contribution in [-0.4, -0.2) is 28.2 Å². The van der Waals surface area contributed by atoms with Crippen molar-refractivity contribution in [2.45, 2.75) is 19.0 Å². The molecule has 0 aliphatic carbocycles. The summed E-state index contributed by atoms with van der Waals surface area (Å²) in [6, 6.07) is 9.00. The number of aryl methyl sites for hydroxylation is 1. The summed E-state index contributed by atoms with van der Waals surface area (Å²) in [4.78, 5) is 20.3. The van der Waals surface area contributed by atoms with E-state index >= 15 is 0 Å². The summed E-state index contributed by atoms with van der Waals surface area (Å²) in [5.74, 6) is 1.10. The van der Waals surface area contributed by atoms with Crippen molar-refractivity contribution >= 4 is 29.2 Å². The van der Waals surface area contributed by atoms with E-state index in [1.54, 1.807) is 12.1 Å². The van der Waals surface area contributed by atoms with Gasteiger partial charge in [-0.15, -0.1) is 0 Å². The molecule has 0 unspecified atom stereocenters. The molecule has 0 aliphatic rings. The van der Waals surface area contributed by atoms with Crippen LogP contribution >= 0.6 is 11.8 Å². The number of hydrogen-bond donors (Lipinski definition) is 2. The molecular formula is C15H18N4O2S. The molecule has 22 heavy (non-hydrogen) atoms. The zero-order valence-corrected chi connectivity index (χ0v) is 13.3. The molecule has 1 heterocycles. The number of ether oxygens (including phenoxy) is 1. The number of anilines is 2. The first-order chi connectivity index (χ1) is 10.6.